The number of aromatic nitrogens is 2. The van der Waals surface area contributed by atoms with Crippen LogP contribution < -0.4 is 4.90 Å². The fourth-order valence-corrected chi connectivity index (χ4v) is 4.19. The van der Waals surface area contributed by atoms with E-state index in [4.69, 9.17) is 11.6 Å². The number of nitrogens with zero attached hydrogens (tertiary/aromatic N) is 5. The molecule has 1 aromatic heterocycles. The maximum Gasteiger partial charge on any atom is 0.254 e. The molecular weight excluding hydrogens is 462 g/mol. The quantitative estimate of drug-likeness (QED) is 0.466. The third-order valence-corrected chi connectivity index (χ3v) is 6.20. The lowest BCUT2D eigenvalue weighted by molar-refractivity contribution is -0.131. The highest BCUT2D eigenvalue weighted by Gasteiger charge is 2.24. The molecule has 180 valence electrons. The maximum absolute atomic E-state index is 13.1. The number of halogens is 1. The van der Waals surface area contributed by atoms with Gasteiger partial charge in [0, 0.05) is 48.9 Å². The second-order valence-electron chi connectivity index (χ2n) is 8.35. The Morgan fingerprint density at radius 3 is 2.40 bits per heavy atom. The van der Waals surface area contributed by atoms with Crippen molar-refractivity contribution < 1.29 is 9.59 Å². The van der Waals surface area contributed by atoms with Gasteiger partial charge in [-0.15, -0.1) is 16.8 Å². The van der Waals surface area contributed by atoms with Crippen molar-refractivity contribution in [3.05, 3.63) is 90.0 Å². The van der Waals surface area contributed by atoms with Crippen LogP contribution in [-0.2, 0) is 4.79 Å². The third-order valence-electron chi connectivity index (χ3n) is 5.95. The van der Waals surface area contributed by atoms with Crippen molar-refractivity contribution in [3.8, 4) is 11.3 Å². The van der Waals surface area contributed by atoms with Crippen LogP contribution in [0, 0.1) is 0 Å². The van der Waals surface area contributed by atoms with E-state index in [0.717, 1.165) is 30.0 Å². The smallest absolute Gasteiger partial charge is 0.254 e. The summed E-state index contributed by atoms with van der Waals surface area (Å²) in [5.74, 6) is 0.492. The average molecular weight is 490 g/mol. The van der Waals surface area contributed by atoms with E-state index in [1.807, 2.05) is 47.4 Å². The number of anilines is 1. The van der Waals surface area contributed by atoms with Crippen molar-refractivity contribution in [1.29, 1.82) is 0 Å². The Kier molecular flexibility index (Phi) is 8.11. The summed E-state index contributed by atoms with van der Waals surface area (Å²) in [7, 11) is 0. The molecule has 1 aliphatic heterocycles. The Hall–Kier alpha value is -3.71. The molecule has 0 atom stereocenters. The van der Waals surface area contributed by atoms with E-state index >= 15 is 0 Å². The molecule has 0 bridgehead atoms. The lowest BCUT2D eigenvalue weighted by atomic mass is 10.1. The maximum atomic E-state index is 13.1. The van der Waals surface area contributed by atoms with Crippen LogP contribution in [0.15, 0.2) is 79.4 Å². The zero-order valence-electron chi connectivity index (χ0n) is 19.5. The largest absolute Gasteiger partial charge is 0.353 e. The molecule has 0 radical (unpaired) electrons. The van der Waals surface area contributed by atoms with Crippen molar-refractivity contribution in [3.63, 3.8) is 0 Å². The van der Waals surface area contributed by atoms with Gasteiger partial charge in [-0.3, -0.25) is 9.59 Å². The second-order valence-corrected chi connectivity index (χ2v) is 8.78. The zero-order valence-corrected chi connectivity index (χ0v) is 20.3. The summed E-state index contributed by atoms with van der Waals surface area (Å²) in [6.07, 6.45) is 2.43. The second kappa shape index (κ2) is 11.6. The first-order valence-electron chi connectivity index (χ1n) is 11.6. The van der Waals surface area contributed by atoms with Crippen LogP contribution in [0.25, 0.3) is 11.3 Å². The SMILES string of the molecule is C=CCN(CC(=O)N1CCCN(c2ccc(-c3ccccc3)nn2)CC1)C(=O)c1ccc(Cl)cc1. The van der Waals surface area contributed by atoms with Crippen LogP contribution in [-0.4, -0.2) is 71.1 Å². The number of carbonyl (C=O) groups excluding carboxylic acids is 2. The van der Waals surface area contributed by atoms with Gasteiger partial charge in [0.2, 0.25) is 5.91 Å². The first-order valence-corrected chi connectivity index (χ1v) is 12.0. The molecule has 1 fully saturated rings. The molecule has 35 heavy (non-hydrogen) atoms. The summed E-state index contributed by atoms with van der Waals surface area (Å²) in [6, 6.07) is 20.6. The van der Waals surface area contributed by atoms with Crippen molar-refractivity contribution in [2.75, 3.05) is 44.2 Å². The van der Waals surface area contributed by atoms with Crippen LogP contribution in [0.3, 0.4) is 0 Å². The molecule has 3 aromatic rings. The van der Waals surface area contributed by atoms with Crippen LogP contribution in [0.4, 0.5) is 5.82 Å². The Labute approximate surface area is 210 Å². The van der Waals surface area contributed by atoms with Gasteiger partial charge in [0.1, 0.15) is 6.54 Å². The zero-order chi connectivity index (χ0) is 24.6. The number of hydrogen-bond donors (Lipinski definition) is 0. The number of carbonyl (C=O) groups is 2. The van der Waals surface area contributed by atoms with Gasteiger partial charge in [0.25, 0.3) is 5.91 Å². The van der Waals surface area contributed by atoms with E-state index < -0.39 is 0 Å². The van der Waals surface area contributed by atoms with Gasteiger partial charge in [-0.05, 0) is 42.8 Å². The summed E-state index contributed by atoms with van der Waals surface area (Å²) >= 11 is 5.94. The predicted octanol–water partition coefficient (Wildman–Crippen LogP) is 4.16. The third kappa shape index (κ3) is 6.25. The molecule has 0 unspecified atom stereocenters. The number of hydrogen-bond acceptors (Lipinski definition) is 5. The molecule has 0 saturated carbocycles. The van der Waals surface area contributed by atoms with E-state index in [1.165, 1.54) is 4.90 Å². The first kappa shape index (κ1) is 24.4. The van der Waals surface area contributed by atoms with E-state index in [1.54, 1.807) is 30.3 Å². The minimum Gasteiger partial charge on any atom is -0.353 e. The van der Waals surface area contributed by atoms with Gasteiger partial charge >= 0.3 is 0 Å². The fourth-order valence-electron chi connectivity index (χ4n) is 4.07. The Morgan fingerprint density at radius 2 is 1.71 bits per heavy atom. The molecule has 0 spiro atoms. The highest BCUT2D eigenvalue weighted by Crippen LogP contribution is 2.19. The Bertz CT molecular complexity index is 1150. The fraction of sp³-hybridized carbons (Fsp3) is 0.259. The van der Waals surface area contributed by atoms with E-state index in [-0.39, 0.29) is 24.9 Å². The molecule has 2 amide bonds. The standard InChI is InChI=1S/C27H28ClN5O2/c1-2-15-33(27(35)22-9-11-23(28)12-10-22)20-26(34)32-17-6-16-31(18-19-32)25-14-13-24(29-30-25)21-7-4-3-5-8-21/h2-5,7-14H,1,6,15-20H2. The Morgan fingerprint density at radius 1 is 0.943 bits per heavy atom. The molecule has 0 N–H and O–H groups in total. The summed E-state index contributed by atoms with van der Waals surface area (Å²) in [5, 5.41) is 9.37. The lowest BCUT2D eigenvalue weighted by Gasteiger charge is -2.26. The first-order chi connectivity index (χ1) is 17.0. The minimum atomic E-state index is -0.222. The van der Waals surface area contributed by atoms with Crippen molar-refractivity contribution in [2.24, 2.45) is 0 Å². The summed E-state index contributed by atoms with van der Waals surface area (Å²) in [5.41, 5.74) is 2.34. The number of benzene rings is 2. The van der Waals surface area contributed by atoms with Crippen molar-refractivity contribution >= 4 is 29.2 Å². The predicted molar refractivity (Wildman–Crippen MR) is 138 cm³/mol. The summed E-state index contributed by atoms with van der Waals surface area (Å²) < 4.78 is 0. The summed E-state index contributed by atoms with van der Waals surface area (Å²) in [4.78, 5) is 31.5. The number of rotatable bonds is 7. The lowest BCUT2D eigenvalue weighted by Crippen LogP contribution is -2.44. The molecule has 1 saturated heterocycles. The molecule has 4 rings (SSSR count). The van der Waals surface area contributed by atoms with Crippen molar-refractivity contribution in [1.82, 2.24) is 20.0 Å². The molecule has 1 aliphatic rings. The normalized spacial score (nSPS) is 13.7. The average Bonchev–Trinajstić information content (AvgIpc) is 3.16. The summed E-state index contributed by atoms with van der Waals surface area (Å²) in [6.45, 7) is 6.63. The van der Waals surface area contributed by atoms with Gasteiger partial charge in [0.15, 0.2) is 5.82 Å². The topological polar surface area (TPSA) is 69.6 Å². The highest BCUT2D eigenvalue weighted by molar-refractivity contribution is 6.30. The van der Waals surface area contributed by atoms with Gasteiger partial charge in [-0.25, -0.2) is 0 Å². The van der Waals surface area contributed by atoms with E-state index in [9.17, 15) is 9.59 Å². The van der Waals surface area contributed by atoms with Gasteiger partial charge < -0.3 is 14.7 Å². The molecule has 7 nitrogen and oxygen atoms in total. The highest BCUT2D eigenvalue weighted by atomic mass is 35.5. The van der Waals surface area contributed by atoms with Crippen LogP contribution in [0.2, 0.25) is 5.02 Å². The van der Waals surface area contributed by atoms with Crippen LogP contribution in [0.1, 0.15) is 16.8 Å². The monoisotopic (exact) mass is 489 g/mol. The molecule has 2 heterocycles. The molecular formula is C27H28ClN5O2. The van der Waals surface area contributed by atoms with Gasteiger partial charge in [-0.1, -0.05) is 48.0 Å². The van der Waals surface area contributed by atoms with E-state index in [2.05, 4.69) is 21.7 Å². The van der Waals surface area contributed by atoms with Crippen LogP contribution >= 0.6 is 11.6 Å². The van der Waals surface area contributed by atoms with Crippen molar-refractivity contribution in [2.45, 2.75) is 6.42 Å². The van der Waals surface area contributed by atoms with E-state index in [0.29, 0.717) is 30.2 Å². The molecule has 2 aromatic carbocycles. The Balaban J connectivity index is 1.37. The molecule has 0 aliphatic carbocycles. The minimum absolute atomic E-state index is 0.000935. The molecule has 8 heteroatoms. The van der Waals surface area contributed by atoms with Gasteiger partial charge in [0.05, 0.1) is 5.69 Å². The van der Waals surface area contributed by atoms with Crippen LogP contribution in [0.5, 0.6) is 0 Å². The van der Waals surface area contributed by atoms with Gasteiger partial charge in [-0.2, -0.15) is 0 Å². The number of amides is 2.